The molecule has 0 unspecified atom stereocenters. The van der Waals surface area contributed by atoms with Gasteiger partial charge in [-0.2, -0.15) is 0 Å². The molecule has 0 aliphatic rings. The van der Waals surface area contributed by atoms with Crippen LogP contribution in [0.5, 0.6) is 0 Å². The molecule has 0 aliphatic heterocycles. The Morgan fingerprint density at radius 2 is 2.06 bits per heavy atom. The molecule has 1 aromatic rings. The molecule has 4 heteroatoms. The molecular weight excluding hydrogens is 209 g/mol. The number of hydrogen-bond donors (Lipinski definition) is 1. The van der Waals surface area contributed by atoms with Gasteiger partial charge in [0, 0.05) is 12.5 Å². The van der Waals surface area contributed by atoms with Gasteiger partial charge in [-0.05, 0) is 23.6 Å². The number of carbonyl (C=O) groups is 2. The molecule has 0 aliphatic carbocycles. The molecule has 0 bridgehead atoms. The lowest BCUT2D eigenvalue weighted by atomic mass is 9.99. The SMILES string of the molecule is CC(=O)Nc1c(F)cc(C(C)C)cc1C=O. The molecule has 0 saturated carbocycles. The van der Waals surface area contributed by atoms with Crippen molar-refractivity contribution in [2.75, 3.05) is 5.32 Å². The first-order valence-corrected chi connectivity index (χ1v) is 5.02. The zero-order valence-corrected chi connectivity index (χ0v) is 9.50. The van der Waals surface area contributed by atoms with Crippen LogP contribution in [0.15, 0.2) is 12.1 Å². The van der Waals surface area contributed by atoms with Crippen molar-refractivity contribution >= 4 is 17.9 Å². The number of carbonyl (C=O) groups excluding carboxylic acids is 2. The second-order valence-electron chi connectivity index (χ2n) is 3.92. The normalized spacial score (nSPS) is 10.3. The van der Waals surface area contributed by atoms with Gasteiger partial charge in [0.15, 0.2) is 6.29 Å². The third-order valence-electron chi connectivity index (χ3n) is 2.24. The largest absolute Gasteiger partial charge is 0.323 e. The van der Waals surface area contributed by atoms with E-state index < -0.39 is 11.7 Å². The summed E-state index contributed by atoms with van der Waals surface area (Å²) >= 11 is 0. The summed E-state index contributed by atoms with van der Waals surface area (Å²) in [5.41, 5.74) is 0.847. The summed E-state index contributed by atoms with van der Waals surface area (Å²) in [6.45, 7) is 5.08. The van der Waals surface area contributed by atoms with Crippen LogP contribution in [0.4, 0.5) is 10.1 Å². The van der Waals surface area contributed by atoms with E-state index in [9.17, 15) is 14.0 Å². The number of rotatable bonds is 3. The van der Waals surface area contributed by atoms with Crippen molar-refractivity contribution in [3.8, 4) is 0 Å². The Kier molecular flexibility index (Phi) is 3.77. The maximum Gasteiger partial charge on any atom is 0.221 e. The topological polar surface area (TPSA) is 46.2 Å². The minimum atomic E-state index is -0.580. The van der Waals surface area contributed by atoms with E-state index in [1.54, 1.807) is 6.07 Å². The zero-order chi connectivity index (χ0) is 12.3. The number of amides is 1. The second-order valence-corrected chi connectivity index (χ2v) is 3.92. The predicted octanol–water partition coefficient (Wildman–Crippen LogP) is 2.72. The van der Waals surface area contributed by atoms with Crippen molar-refractivity contribution in [2.45, 2.75) is 26.7 Å². The first-order chi connectivity index (χ1) is 7.45. The standard InChI is InChI=1S/C12H14FNO2/c1-7(2)9-4-10(6-15)12(11(13)5-9)14-8(3)16/h4-7H,1-3H3,(H,14,16). The Bertz CT molecular complexity index is 427. The van der Waals surface area contributed by atoms with E-state index in [4.69, 9.17) is 0 Å². The molecule has 0 fully saturated rings. The van der Waals surface area contributed by atoms with Gasteiger partial charge in [0.1, 0.15) is 5.82 Å². The summed E-state index contributed by atoms with van der Waals surface area (Å²) in [7, 11) is 0. The van der Waals surface area contributed by atoms with Crippen molar-refractivity contribution in [2.24, 2.45) is 0 Å². The second kappa shape index (κ2) is 4.88. The van der Waals surface area contributed by atoms with Crippen LogP contribution < -0.4 is 5.32 Å². The summed E-state index contributed by atoms with van der Waals surface area (Å²) < 4.78 is 13.6. The van der Waals surface area contributed by atoms with Crippen LogP contribution in [0.3, 0.4) is 0 Å². The van der Waals surface area contributed by atoms with Crippen LogP contribution in [0, 0.1) is 5.82 Å². The van der Waals surface area contributed by atoms with E-state index in [0.29, 0.717) is 6.29 Å². The summed E-state index contributed by atoms with van der Waals surface area (Å²) in [5.74, 6) is -0.859. The van der Waals surface area contributed by atoms with Crippen molar-refractivity contribution in [1.29, 1.82) is 0 Å². The van der Waals surface area contributed by atoms with Crippen LogP contribution in [0.25, 0.3) is 0 Å². The highest BCUT2D eigenvalue weighted by molar-refractivity contribution is 5.95. The van der Waals surface area contributed by atoms with E-state index >= 15 is 0 Å². The van der Waals surface area contributed by atoms with Crippen LogP contribution in [-0.4, -0.2) is 12.2 Å². The molecule has 86 valence electrons. The van der Waals surface area contributed by atoms with Crippen LogP contribution in [0.1, 0.15) is 42.6 Å². The average molecular weight is 223 g/mol. The van der Waals surface area contributed by atoms with E-state index in [1.807, 2.05) is 13.8 Å². The number of nitrogens with one attached hydrogen (secondary N) is 1. The van der Waals surface area contributed by atoms with E-state index in [-0.39, 0.29) is 17.2 Å². The fourth-order valence-electron chi connectivity index (χ4n) is 1.38. The molecule has 0 heterocycles. The molecular formula is C12H14FNO2. The van der Waals surface area contributed by atoms with Gasteiger partial charge in [0.2, 0.25) is 5.91 Å². The number of anilines is 1. The molecule has 16 heavy (non-hydrogen) atoms. The van der Waals surface area contributed by atoms with Crippen LogP contribution in [0.2, 0.25) is 0 Å². The van der Waals surface area contributed by atoms with Gasteiger partial charge in [0.25, 0.3) is 0 Å². The van der Waals surface area contributed by atoms with E-state index in [1.165, 1.54) is 13.0 Å². The Hall–Kier alpha value is -1.71. The number of aldehydes is 1. The van der Waals surface area contributed by atoms with Gasteiger partial charge < -0.3 is 5.32 Å². The third kappa shape index (κ3) is 2.66. The lowest BCUT2D eigenvalue weighted by molar-refractivity contribution is -0.114. The van der Waals surface area contributed by atoms with Gasteiger partial charge in [-0.1, -0.05) is 13.8 Å². The molecule has 1 rings (SSSR count). The Labute approximate surface area is 93.7 Å². The van der Waals surface area contributed by atoms with E-state index in [2.05, 4.69) is 5.32 Å². The fourth-order valence-corrected chi connectivity index (χ4v) is 1.38. The molecule has 1 N–H and O–H groups in total. The van der Waals surface area contributed by atoms with Crippen LogP contribution in [-0.2, 0) is 4.79 Å². The smallest absolute Gasteiger partial charge is 0.221 e. The molecule has 0 aromatic heterocycles. The third-order valence-corrected chi connectivity index (χ3v) is 2.24. The Morgan fingerprint density at radius 3 is 2.50 bits per heavy atom. The Balaban J connectivity index is 3.28. The highest BCUT2D eigenvalue weighted by Crippen LogP contribution is 2.25. The molecule has 0 saturated heterocycles. The first kappa shape index (κ1) is 12.4. The van der Waals surface area contributed by atoms with Gasteiger partial charge in [-0.3, -0.25) is 9.59 Å². The molecule has 1 amide bonds. The summed E-state index contributed by atoms with van der Waals surface area (Å²) in [6, 6.07) is 2.93. The molecule has 1 aromatic carbocycles. The maximum atomic E-state index is 13.6. The van der Waals surface area contributed by atoms with Crippen LogP contribution >= 0.6 is 0 Å². The van der Waals surface area contributed by atoms with Crippen molar-refractivity contribution < 1.29 is 14.0 Å². The van der Waals surface area contributed by atoms with Gasteiger partial charge in [0.05, 0.1) is 5.69 Å². The maximum absolute atomic E-state index is 13.6. The quantitative estimate of drug-likeness (QED) is 0.801. The fraction of sp³-hybridized carbons (Fsp3) is 0.333. The highest BCUT2D eigenvalue weighted by Gasteiger charge is 2.13. The predicted molar refractivity (Wildman–Crippen MR) is 60.2 cm³/mol. The lowest BCUT2D eigenvalue weighted by Crippen LogP contribution is -2.10. The summed E-state index contributed by atoms with van der Waals surface area (Å²) in [5, 5.41) is 2.31. The monoisotopic (exact) mass is 223 g/mol. The number of hydrogen-bond acceptors (Lipinski definition) is 2. The van der Waals surface area contributed by atoms with E-state index in [0.717, 1.165) is 5.56 Å². The van der Waals surface area contributed by atoms with Crippen molar-refractivity contribution in [3.05, 3.63) is 29.1 Å². The zero-order valence-electron chi connectivity index (χ0n) is 9.50. The van der Waals surface area contributed by atoms with Crippen molar-refractivity contribution in [3.63, 3.8) is 0 Å². The van der Waals surface area contributed by atoms with Gasteiger partial charge in [-0.25, -0.2) is 4.39 Å². The molecule has 0 spiro atoms. The Morgan fingerprint density at radius 1 is 1.44 bits per heavy atom. The minimum absolute atomic E-state index is 0.0492. The summed E-state index contributed by atoms with van der Waals surface area (Å²) in [4.78, 5) is 21.7. The minimum Gasteiger partial charge on any atom is -0.323 e. The average Bonchev–Trinajstić information content (AvgIpc) is 2.19. The van der Waals surface area contributed by atoms with Gasteiger partial charge in [-0.15, -0.1) is 0 Å². The van der Waals surface area contributed by atoms with Crippen molar-refractivity contribution in [1.82, 2.24) is 0 Å². The molecule has 0 radical (unpaired) electrons. The molecule has 0 atom stereocenters. The first-order valence-electron chi connectivity index (χ1n) is 5.02. The number of benzene rings is 1. The number of halogens is 1. The van der Waals surface area contributed by atoms with Gasteiger partial charge >= 0.3 is 0 Å². The highest BCUT2D eigenvalue weighted by atomic mass is 19.1. The lowest BCUT2D eigenvalue weighted by Gasteiger charge is -2.11. The molecule has 3 nitrogen and oxygen atoms in total. The summed E-state index contributed by atoms with van der Waals surface area (Å²) in [6.07, 6.45) is 0.542.